The molecule has 96 valence electrons. The zero-order valence-corrected chi connectivity index (χ0v) is 10.3. The van der Waals surface area contributed by atoms with Crippen LogP contribution >= 0.6 is 0 Å². The van der Waals surface area contributed by atoms with Crippen molar-refractivity contribution in [3.8, 4) is 5.75 Å². The van der Waals surface area contributed by atoms with Gasteiger partial charge in [-0.2, -0.15) is 0 Å². The molecule has 0 radical (unpaired) electrons. The summed E-state index contributed by atoms with van der Waals surface area (Å²) in [6.07, 6.45) is 0.501. The summed E-state index contributed by atoms with van der Waals surface area (Å²) in [5.41, 5.74) is 2.47. The summed E-state index contributed by atoms with van der Waals surface area (Å²) in [5, 5.41) is 13.4. The van der Waals surface area contributed by atoms with Gasteiger partial charge in [0.1, 0.15) is 11.9 Å². The predicted molar refractivity (Wildman–Crippen MR) is 65.5 cm³/mol. The van der Waals surface area contributed by atoms with Gasteiger partial charge in [0.25, 0.3) is 0 Å². The zero-order valence-electron chi connectivity index (χ0n) is 10.3. The highest BCUT2D eigenvalue weighted by Crippen LogP contribution is 2.23. The number of rotatable bonds is 3. The van der Waals surface area contributed by atoms with Crippen molar-refractivity contribution >= 4 is 11.7 Å². The van der Waals surface area contributed by atoms with Gasteiger partial charge in [-0.3, -0.25) is 4.79 Å². The quantitative estimate of drug-likeness (QED) is 0.829. The second kappa shape index (κ2) is 5.08. The maximum Gasteiger partial charge on any atom is 0.309 e. The maximum atomic E-state index is 11.1. The smallest absolute Gasteiger partial charge is 0.309 e. The molecule has 1 aromatic rings. The molecule has 0 saturated heterocycles. The van der Waals surface area contributed by atoms with E-state index in [2.05, 4.69) is 9.89 Å². The van der Waals surface area contributed by atoms with Crippen molar-refractivity contribution in [1.29, 1.82) is 0 Å². The number of esters is 1. The number of benzene rings is 1. The highest BCUT2D eigenvalue weighted by Gasteiger charge is 2.25. The molecule has 0 fully saturated rings. The van der Waals surface area contributed by atoms with Crippen LogP contribution in [-0.4, -0.2) is 30.0 Å². The summed E-state index contributed by atoms with van der Waals surface area (Å²) in [6.45, 7) is 1.82. The van der Waals surface area contributed by atoms with Crippen molar-refractivity contribution in [2.75, 3.05) is 7.11 Å². The van der Waals surface area contributed by atoms with E-state index in [1.807, 2.05) is 13.0 Å². The molecule has 1 aliphatic heterocycles. The SMILES string of the molecule is COC(=O)CC1CC(c2ccc(O)c(C)c2)=NO1. The van der Waals surface area contributed by atoms with Crippen LogP contribution in [-0.2, 0) is 14.4 Å². The number of oxime groups is 1. The van der Waals surface area contributed by atoms with Crippen LogP contribution in [0.5, 0.6) is 5.75 Å². The van der Waals surface area contributed by atoms with Crippen molar-refractivity contribution < 1.29 is 19.5 Å². The molecule has 0 bridgehead atoms. The van der Waals surface area contributed by atoms with Crippen LogP contribution in [0, 0.1) is 6.92 Å². The fraction of sp³-hybridized carbons (Fsp3) is 0.385. The summed E-state index contributed by atoms with van der Waals surface area (Å²) >= 11 is 0. The lowest BCUT2D eigenvalue weighted by Crippen LogP contribution is -2.15. The van der Waals surface area contributed by atoms with Crippen molar-refractivity contribution in [3.63, 3.8) is 0 Å². The lowest BCUT2D eigenvalue weighted by atomic mass is 10.0. The Kier molecular flexibility index (Phi) is 3.50. The number of carbonyl (C=O) groups is 1. The molecule has 18 heavy (non-hydrogen) atoms. The van der Waals surface area contributed by atoms with E-state index in [-0.39, 0.29) is 24.2 Å². The number of ether oxygens (including phenoxy) is 1. The van der Waals surface area contributed by atoms with Crippen LogP contribution in [0.2, 0.25) is 0 Å². The van der Waals surface area contributed by atoms with Gasteiger partial charge in [-0.1, -0.05) is 5.16 Å². The van der Waals surface area contributed by atoms with Gasteiger partial charge in [0.2, 0.25) is 0 Å². The molecule has 0 aromatic heterocycles. The molecule has 1 aromatic carbocycles. The van der Waals surface area contributed by atoms with Crippen molar-refractivity contribution in [2.24, 2.45) is 5.16 Å². The second-order valence-corrected chi connectivity index (χ2v) is 4.25. The molecule has 5 nitrogen and oxygen atoms in total. The Labute approximate surface area is 105 Å². The fourth-order valence-corrected chi connectivity index (χ4v) is 1.81. The predicted octanol–water partition coefficient (Wildman–Crippen LogP) is 1.76. The number of carbonyl (C=O) groups excluding carboxylic acids is 1. The third-order valence-electron chi connectivity index (χ3n) is 2.89. The Hall–Kier alpha value is -2.04. The van der Waals surface area contributed by atoms with Gasteiger partial charge in [-0.15, -0.1) is 0 Å². The standard InChI is InChI=1S/C13H15NO4/c1-8-5-9(3-4-12(8)15)11-6-10(18-14-11)7-13(16)17-2/h3-5,10,15H,6-7H2,1-2H3. The summed E-state index contributed by atoms with van der Waals surface area (Å²) in [4.78, 5) is 16.3. The molecule has 0 spiro atoms. The van der Waals surface area contributed by atoms with Crippen LogP contribution in [0.4, 0.5) is 0 Å². The van der Waals surface area contributed by atoms with Crippen molar-refractivity contribution in [3.05, 3.63) is 29.3 Å². The Morgan fingerprint density at radius 1 is 1.61 bits per heavy atom. The Morgan fingerprint density at radius 2 is 2.39 bits per heavy atom. The van der Waals surface area contributed by atoms with Gasteiger partial charge in [0.05, 0.1) is 19.2 Å². The van der Waals surface area contributed by atoms with E-state index in [0.29, 0.717) is 6.42 Å². The van der Waals surface area contributed by atoms with Gasteiger partial charge in [0, 0.05) is 6.42 Å². The first-order valence-electron chi connectivity index (χ1n) is 5.69. The molecule has 1 heterocycles. The average molecular weight is 249 g/mol. The van der Waals surface area contributed by atoms with Crippen LogP contribution < -0.4 is 0 Å². The molecule has 2 rings (SSSR count). The minimum atomic E-state index is -0.307. The largest absolute Gasteiger partial charge is 0.508 e. The number of hydrogen-bond acceptors (Lipinski definition) is 5. The lowest BCUT2D eigenvalue weighted by molar-refractivity contribution is -0.143. The van der Waals surface area contributed by atoms with Crippen LogP contribution in [0.3, 0.4) is 0 Å². The molecule has 1 aliphatic rings. The minimum Gasteiger partial charge on any atom is -0.508 e. The Bertz CT molecular complexity index is 496. The first-order chi connectivity index (χ1) is 8.60. The molecule has 1 unspecified atom stereocenters. The monoisotopic (exact) mass is 249 g/mol. The molecule has 1 atom stereocenters. The number of hydrogen-bond donors (Lipinski definition) is 1. The summed E-state index contributed by atoms with van der Waals surface area (Å²) in [7, 11) is 1.35. The number of nitrogens with zero attached hydrogens (tertiary/aromatic N) is 1. The fourth-order valence-electron chi connectivity index (χ4n) is 1.81. The van der Waals surface area contributed by atoms with Gasteiger partial charge in [-0.05, 0) is 36.2 Å². The Balaban J connectivity index is 2.04. The maximum absolute atomic E-state index is 11.1. The molecular weight excluding hydrogens is 234 g/mol. The van der Waals surface area contributed by atoms with E-state index in [1.165, 1.54) is 7.11 Å². The molecule has 1 N–H and O–H groups in total. The van der Waals surface area contributed by atoms with E-state index in [9.17, 15) is 9.90 Å². The van der Waals surface area contributed by atoms with E-state index < -0.39 is 0 Å². The summed E-state index contributed by atoms with van der Waals surface area (Å²) < 4.78 is 4.59. The van der Waals surface area contributed by atoms with Gasteiger partial charge in [-0.25, -0.2) is 0 Å². The summed E-state index contributed by atoms with van der Waals surface area (Å²) in [5.74, 6) is -0.0530. The molecule has 0 amide bonds. The van der Waals surface area contributed by atoms with Gasteiger partial charge >= 0.3 is 5.97 Å². The molecule has 0 saturated carbocycles. The zero-order chi connectivity index (χ0) is 13.1. The van der Waals surface area contributed by atoms with E-state index >= 15 is 0 Å². The van der Waals surface area contributed by atoms with Gasteiger partial charge < -0.3 is 14.7 Å². The number of phenolic OH excluding ortho intramolecular Hbond substituents is 1. The highest BCUT2D eigenvalue weighted by molar-refractivity contribution is 6.01. The van der Waals surface area contributed by atoms with Crippen LogP contribution in [0.15, 0.2) is 23.4 Å². The molecular formula is C13H15NO4. The number of phenols is 1. The third-order valence-corrected chi connectivity index (χ3v) is 2.89. The van der Waals surface area contributed by atoms with E-state index in [4.69, 9.17) is 4.84 Å². The Morgan fingerprint density at radius 3 is 3.06 bits per heavy atom. The third kappa shape index (κ3) is 2.61. The summed E-state index contributed by atoms with van der Waals surface area (Å²) in [6, 6.07) is 5.25. The first kappa shape index (κ1) is 12.4. The lowest BCUT2D eigenvalue weighted by Gasteiger charge is -2.06. The van der Waals surface area contributed by atoms with E-state index in [0.717, 1.165) is 16.8 Å². The first-order valence-corrected chi connectivity index (χ1v) is 5.69. The van der Waals surface area contributed by atoms with Gasteiger partial charge in [0.15, 0.2) is 0 Å². The van der Waals surface area contributed by atoms with Crippen LogP contribution in [0.1, 0.15) is 24.0 Å². The minimum absolute atomic E-state index is 0.195. The number of aromatic hydroxyl groups is 1. The molecule has 0 aliphatic carbocycles. The molecule has 5 heteroatoms. The number of methoxy groups -OCH3 is 1. The van der Waals surface area contributed by atoms with Crippen molar-refractivity contribution in [2.45, 2.75) is 25.9 Å². The topological polar surface area (TPSA) is 68.1 Å². The highest BCUT2D eigenvalue weighted by atomic mass is 16.6. The van der Waals surface area contributed by atoms with Crippen LogP contribution in [0.25, 0.3) is 0 Å². The van der Waals surface area contributed by atoms with E-state index in [1.54, 1.807) is 12.1 Å². The normalized spacial score (nSPS) is 18.1. The second-order valence-electron chi connectivity index (χ2n) is 4.25. The number of aryl methyl sites for hydroxylation is 1. The van der Waals surface area contributed by atoms with Crippen molar-refractivity contribution in [1.82, 2.24) is 0 Å². The average Bonchev–Trinajstić information content (AvgIpc) is 2.81.